The van der Waals surface area contributed by atoms with Crippen molar-refractivity contribution in [1.29, 1.82) is 0 Å². The van der Waals surface area contributed by atoms with Crippen LogP contribution in [0.15, 0.2) is 4.99 Å². The van der Waals surface area contributed by atoms with Crippen molar-refractivity contribution in [1.82, 2.24) is 21.3 Å². The van der Waals surface area contributed by atoms with Crippen LogP contribution in [0.1, 0.15) is 34.6 Å². The van der Waals surface area contributed by atoms with Gasteiger partial charge in [0.2, 0.25) is 5.91 Å². The number of amides is 2. The maximum Gasteiger partial charge on any atom is 0.408 e. The van der Waals surface area contributed by atoms with Crippen LogP contribution in [0.4, 0.5) is 4.79 Å². The van der Waals surface area contributed by atoms with Gasteiger partial charge in [-0.3, -0.25) is 9.79 Å². The highest BCUT2D eigenvalue weighted by atomic mass is 16.6. The fourth-order valence-corrected chi connectivity index (χ4v) is 1.67. The molecular formula is C16H33N5O4. The van der Waals surface area contributed by atoms with Crippen molar-refractivity contribution in [2.24, 2.45) is 4.99 Å². The van der Waals surface area contributed by atoms with Crippen LogP contribution < -0.4 is 21.3 Å². The predicted octanol–water partition coefficient (Wildman–Crippen LogP) is 0.217. The molecule has 9 nitrogen and oxygen atoms in total. The van der Waals surface area contributed by atoms with Gasteiger partial charge in [0.15, 0.2) is 5.96 Å². The van der Waals surface area contributed by atoms with Crippen molar-refractivity contribution in [2.75, 3.05) is 40.4 Å². The third-order valence-electron chi connectivity index (χ3n) is 2.81. The molecule has 0 aliphatic heterocycles. The Bertz CT molecular complexity index is 458. The highest BCUT2D eigenvalue weighted by Gasteiger charge is 2.24. The van der Waals surface area contributed by atoms with Gasteiger partial charge in [0, 0.05) is 27.2 Å². The number of carbonyl (C=O) groups is 2. The Labute approximate surface area is 150 Å². The van der Waals surface area contributed by atoms with E-state index in [1.165, 1.54) is 0 Å². The van der Waals surface area contributed by atoms with Gasteiger partial charge in [-0.1, -0.05) is 0 Å². The van der Waals surface area contributed by atoms with Crippen LogP contribution in [-0.2, 0) is 14.3 Å². The number of hydrogen-bond acceptors (Lipinski definition) is 5. The maximum atomic E-state index is 11.9. The Kier molecular flexibility index (Phi) is 9.88. The van der Waals surface area contributed by atoms with Gasteiger partial charge in [-0.25, -0.2) is 4.79 Å². The Hall–Kier alpha value is -2.03. The largest absolute Gasteiger partial charge is 0.444 e. The summed E-state index contributed by atoms with van der Waals surface area (Å²) in [5.41, 5.74) is -1.12. The number of guanidine groups is 1. The van der Waals surface area contributed by atoms with E-state index in [1.54, 1.807) is 34.9 Å². The van der Waals surface area contributed by atoms with Crippen LogP contribution in [0.25, 0.3) is 0 Å². The molecule has 0 fully saturated rings. The number of hydrogen-bond donors (Lipinski definition) is 4. The molecule has 0 atom stereocenters. The summed E-state index contributed by atoms with van der Waals surface area (Å²) in [5, 5.41) is 11.5. The first kappa shape index (κ1) is 23.0. The molecule has 25 heavy (non-hydrogen) atoms. The van der Waals surface area contributed by atoms with Crippen molar-refractivity contribution < 1.29 is 19.1 Å². The van der Waals surface area contributed by atoms with Gasteiger partial charge in [0.1, 0.15) is 5.60 Å². The molecule has 0 aromatic heterocycles. The third kappa shape index (κ3) is 13.0. The highest BCUT2D eigenvalue weighted by Crippen LogP contribution is 2.08. The van der Waals surface area contributed by atoms with E-state index in [-0.39, 0.29) is 12.5 Å². The average Bonchev–Trinajstić information content (AvgIpc) is 2.44. The predicted molar refractivity (Wildman–Crippen MR) is 97.7 cm³/mol. The fourth-order valence-electron chi connectivity index (χ4n) is 1.67. The minimum absolute atomic E-state index is 0.0866. The molecule has 4 N–H and O–H groups in total. The second kappa shape index (κ2) is 10.8. The van der Waals surface area contributed by atoms with Crippen LogP contribution in [0.5, 0.6) is 0 Å². The number of nitrogens with one attached hydrogen (secondary N) is 4. The first-order valence-corrected chi connectivity index (χ1v) is 8.20. The van der Waals surface area contributed by atoms with E-state index in [9.17, 15) is 9.59 Å². The third-order valence-corrected chi connectivity index (χ3v) is 2.81. The lowest BCUT2D eigenvalue weighted by molar-refractivity contribution is -0.120. The zero-order valence-corrected chi connectivity index (χ0v) is 16.4. The van der Waals surface area contributed by atoms with E-state index in [2.05, 4.69) is 26.3 Å². The molecule has 0 heterocycles. The molecule has 0 saturated heterocycles. The lowest BCUT2D eigenvalue weighted by atomic mass is 10.1. The van der Waals surface area contributed by atoms with Crippen LogP contribution >= 0.6 is 0 Å². The average molecular weight is 359 g/mol. The van der Waals surface area contributed by atoms with Gasteiger partial charge in [0.05, 0.1) is 18.7 Å². The number of ether oxygens (including phenoxy) is 2. The number of methoxy groups -OCH3 is 1. The van der Waals surface area contributed by atoms with Gasteiger partial charge in [-0.15, -0.1) is 0 Å². The lowest BCUT2D eigenvalue weighted by Gasteiger charge is -2.29. The van der Waals surface area contributed by atoms with E-state index >= 15 is 0 Å². The number of carbonyl (C=O) groups excluding carboxylic acids is 2. The number of nitrogens with zero attached hydrogens (tertiary/aromatic N) is 1. The zero-order chi connectivity index (χ0) is 19.5. The minimum atomic E-state index is -0.569. The first-order chi connectivity index (χ1) is 11.5. The second-order valence-electron chi connectivity index (χ2n) is 7.13. The Morgan fingerprint density at radius 1 is 1.04 bits per heavy atom. The Morgan fingerprint density at radius 3 is 2.20 bits per heavy atom. The first-order valence-electron chi connectivity index (χ1n) is 8.20. The van der Waals surface area contributed by atoms with Crippen LogP contribution in [-0.4, -0.2) is 69.5 Å². The summed E-state index contributed by atoms with van der Waals surface area (Å²) in [6.45, 7) is 10.5. The quantitative estimate of drug-likeness (QED) is 0.280. The topological polar surface area (TPSA) is 113 Å². The van der Waals surface area contributed by atoms with Crippen LogP contribution in [0.3, 0.4) is 0 Å². The van der Waals surface area contributed by atoms with Gasteiger partial charge in [0.25, 0.3) is 0 Å². The second-order valence-corrected chi connectivity index (χ2v) is 7.13. The molecule has 0 aromatic carbocycles. The summed E-state index contributed by atoms with van der Waals surface area (Å²) in [6, 6.07) is 0. The van der Waals surface area contributed by atoms with E-state index in [4.69, 9.17) is 9.47 Å². The SMILES string of the molecule is CN=C(NCC(=O)NCCOC)NCC(C)(C)NC(=O)OC(C)(C)C. The van der Waals surface area contributed by atoms with E-state index in [1.807, 2.05) is 13.8 Å². The van der Waals surface area contributed by atoms with Crippen molar-refractivity contribution in [3.63, 3.8) is 0 Å². The van der Waals surface area contributed by atoms with Gasteiger partial charge < -0.3 is 30.7 Å². The molecule has 146 valence electrons. The molecule has 0 aliphatic rings. The summed E-state index contributed by atoms with van der Waals surface area (Å²) < 4.78 is 10.1. The summed E-state index contributed by atoms with van der Waals surface area (Å²) >= 11 is 0. The molecule has 0 saturated carbocycles. The minimum Gasteiger partial charge on any atom is -0.444 e. The van der Waals surface area contributed by atoms with Gasteiger partial charge in [-0.2, -0.15) is 0 Å². The highest BCUT2D eigenvalue weighted by molar-refractivity contribution is 5.86. The van der Waals surface area contributed by atoms with Gasteiger partial charge in [-0.05, 0) is 34.6 Å². The molecule has 0 aromatic rings. The fraction of sp³-hybridized carbons (Fsp3) is 0.812. The number of rotatable bonds is 8. The summed E-state index contributed by atoms with van der Waals surface area (Å²) in [7, 11) is 3.18. The van der Waals surface area contributed by atoms with E-state index in [0.717, 1.165) is 0 Å². The van der Waals surface area contributed by atoms with Crippen molar-refractivity contribution in [3.8, 4) is 0 Å². The summed E-state index contributed by atoms with van der Waals surface area (Å²) in [6.07, 6.45) is -0.486. The van der Waals surface area contributed by atoms with Crippen molar-refractivity contribution in [2.45, 2.75) is 45.8 Å². The maximum absolute atomic E-state index is 11.9. The molecule has 2 amide bonds. The molecule has 0 spiro atoms. The molecule has 0 rings (SSSR count). The summed E-state index contributed by atoms with van der Waals surface area (Å²) in [5.74, 6) is 0.298. The van der Waals surface area contributed by atoms with Crippen molar-refractivity contribution >= 4 is 18.0 Å². The van der Waals surface area contributed by atoms with E-state index in [0.29, 0.717) is 25.7 Å². The van der Waals surface area contributed by atoms with Gasteiger partial charge >= 0.3 is 6.09 Å². The zero-order valence-electron chi connectivity index (χ0n) is 16.4. The van der Waals surface area contributed by atoms with Crippen LogP contribution in [0.2, 0.25) is 0 Å². The normalized spacial score (nSPS) is 12.4. The lowest BCUT2D eigenvalue weighted by Crippen LogP contribution is -2.54. The smallest absolute Gasteiger partial charge is 0.408 e. The van der Waals surface area contributed by atoms with Crippen molar-refractivity contribution in [3.05, 3.63) is 0 Å². The standard InChI is InChI=1S/C16H33N5O4/c1-15(2,3)25-14(23)21-16(4,5)11-20-13(17-6)19-10-12(22)18-8-9-24-7/h8-11H2,1-7H3,(H,18,22)(H,21,23)(H2,17,19,20). The molecule has 0 radical (unpaired) electrons. The molecule has 0 aliphatic carbocycles. The Morgan fingerprint density at radius 2 is 1.68 bits per heavy atom. The summed E-state index contributed by atoms with van der Waals surface area (Å²) in [4.78, 5) is 27.5. The molecular weight excluding hydrogens is 326 g/mol. The number of alkyl carbamates (subject to hydrolysis) is 1. The number of aliphatic imine (C=N–C) groups is 1. The molecule has 9 heteroatoms. The Balaban J connectivity index is 4.27. The van der Waals surface area contributed by atoms with Crippen LogP contribution in [0, 0.1) is 0 Å². The molecule has 0 unspecified atom stereocenters. The monoisotopic (exact) mass is 359 g/mol. The van der Waals surface area contributed by atoms with E-state index < -0.39 is 17.2 Å². The molecule has 0 bridgehead atoms.